The SMILES string of the molecule is CC(C)(C)c1ncc(CCNC(=O)C(F)(F)F)n1Cc1ccccc1. The Morgan fingerprint density at radius 1 is 1.16 bits per heavy atom. The minimum Gasteiger partial charge on any atom is -0.348 e. The van der Waals surface area contributed by atoms with Crippen LogP contribution in [0, 0.1) is 0 Å². The number of halogens is 3. The lowest BCUT2D eigenvalue weighted by atomic mass is 9.95. The van der Waals surface area contributed by atoms with Gasteiger partial charge in [0.1, 0.15) is 5.82 Å². The zero-order valence-electron chi connectivity index (χ0n) is 14.5. The molecule has 0 atom stereocenters. The lowest BCUT2D eigenvalue weighted by molar-refractivity contribution is -0.173. The van der Waals surface area contributed by atoms with E-state index in [2.05, 4.69) is 4.98 Å². The molecule has 0 aliphatic heterocycles. The summed E-state index contributed by atoms with van der Waals surface area (Å²) in [6, 6.07) is 9.78. The molecule has 1 N–H and O–H groups in total. The van der Waals surface area contributed by atoms with Crippen LogP contribution in [-0.4, -0.2) is 28.2 Å². The standard InChI is InChI=1S/C18H22F3N3O/c1-17(2,3)15-23-11-14(9-10-22-16(25)18(19,20)21)24(15)12-13-7-5-4-6-8-13/h4-8,11H,9-10,12H2,1-3H3,(H,22,25). The van der Waals surface area contributed by atoms with Crippen LogP contribution in [0.2, 0.25) is 0 Å². The fourth-order valence-electron chi connectivity index (χ4n) is 2.56. The molecule has 0 spiro atoms. The van der Waals surface area contributed by atoms with Crippen molar-refractivity contribution < 1.29 is 18.0 Å². The van der Waals surface area contributed by atoms with E-state index in [4.69, 9.17) is 0 Å². The van der Waals surface area contributed by atoms with Crippen LogP contribution in [0.3, 0.4) is 0 Å². The lowest BCUT2D eigenvalue weighted by Gasteiger charge is -2.21. The molecule has 7 heteroatoms. The molecule has 2 rings (SSSR count). The summed E-state index contributed by atoms with van der Waals surface area (Å²) in [5.41, 5.74) is 1.66. The average Bonchev–Trinajstić information content (AvgIpc) is 2.90. The van der Waals surface area contributed by atoms with Gasteiger partial charge in [-0.15, -0.1) is 0 Å². The summed E-state index contributed by atoms with van der Waals surface area (Å²) in [6.07, 6.45) is -2.91. The Morgan fingerprint density at radius 3 is 2.36 bits per heavy atom. The van der Waals surface area contributed by atoms with E-state index in [1.54, 1.807) is 6.20 Å². The van der Waals surface area contributed by atoms with Gasteiger partial charge in [0.15, 0.2) is 0 Å². The molecule has 0 unspecified atom stereocenters. The van der Waals surface area contributed by atoms with Crippen molar-refractivity contribution in [1.82, 2.24) is 14.9 Å². The normalized spacial score (nSPS) is 12.2. The van der Waals surface area contributed by atoms with Crippen LogP contribution in [0.4, 0.5) is 13.2 Å². The second-order valence-electron chi connectivity index (χ2n) is 6.90. The maximum atomic E-state index is 12.3. The highest BCUT2D eigenvalue weighted by atomic mass is 19.4. The number of hydrogen-bond acceptors (Lipinski definition) is 2. The third kappa shape index (κ3) is 5.08. The first-order valence-electron chi connectivity index (χ1n) is 8.03. The zero-order chi connectivity index (χ0) is 18.7. The Labute approximate surface area is 145 Å². The summed E-state index contributed by atoms with van der Waals surface area (Å²) in [4.78, 5) is 15.4. The second-order valence-corrected chi connectivity index (χ2v) is 6.90. The molecule has 1 amide bonds. The quantitative estimate of drug-likeness (QED) is 0.895. The van der Waals surface area contributed by atoms with Gasteiger partial charge in [0.2, 0.25) is 0 Å². The fraction of sp³-hybridized carbons (Fsp3) is 0.444. The number of imidazole rings is 1. The Kier molecular flexibility index (Phi) is 5.55. The van der Waals surface area contributed by atoms with Crippen molar-refractivity contribution in [1.29, 1.82) is 0 Å². The molecule has 4 nitrogen and oxygen atoms in total. The molecular weight excluding hydrogens is 331 g/mol. The van der Waals surface area contributed by atoms with Gasteiger partial charge in [-0.3, -0.25) is 4.79 Å². The summed E-state index contributed by atoms with van der Waals surface area (Å²) >= 11 is 0. The van der Waals surface area contributed by atoms with Crippen LogP contribution >= 0.6 is 0 Å². The largest absolute Gasteiger partial charge is 0.471 e. The molecule has 0 saturated heterocycles. The van der Waals surface area contributed by atoms with E-state index < -0.39 is 12.1 Å². The highest BCUT2D eigenvalue weighted by molar-refractivity contribution is 5.81. The van der Waals surface area contributed by atoms with E-state index in [0.29, 0.717) is 6.54 Å². The number of carbonyl (C=O) groups excluding carboxylic acids is 1. The van der Waals surface area contributed by atoms with Gasteiger partial charge in [-0.05, 0) is 5.56 Å². The van der Waals surface area contributed by atoms with E-state index in [0.717, 1.165) is 17.1 Å². The summed E-state index contributed by atoms with van der Waals surface area (Å²) in [7, 11) is 0. The molecule has 25 heavy (non-hydrogen) atoms. The first-order chi connectivity index (χ1) is 11.6. The Bertz CT molecular complexity index is 715. The number of hydrogen-bond donors (Lipinski definition) is 1. The molecule has 1 heterocycles. The topological polar surface area (TPSA) is 46.9 Å². The van der Waals surface area contributed by atoms with E-state index in [-0.39, 0.29) is 18.4 Å². The monoisotopic (exact) mass is 353 g/mol. The Balaban J connectivity index is 2.17. The number of alkyl halides is 3. The molecule has 136 valence electrons. The second kappa shape index (κ2) is 7.29. The number of nitrogens with one attached hydrogen (secondary N) is 1. The number of rotatable bonds is 5. The number of benzene rings is 1. The fourth-order valence-corrected chi connectivity index (χ4v) is 2.56. The number of aromatic nitrogens is 2. The van der Waals surface area contributed by atoms with Crippen LogP contribution in [0.25, 0.3) is 0 Å². The summed E-state index contributed by atoms with van der Waals surface area (Å²) in [6.45, 7) is 6.59. The van der Waals surface area contributed by atoms with Crippen molar-refractivity contribution in [2.45, 2.75) is 45.3 Å². The van der Waals surface area contributed by atoms with Gasteiger partial charge in [0.25, 0.3) is 0 Å². The number of nitrogens with zero attached hydrogens (tertiary/aromatic N) is 2. The lowest BCUT2D eigenvalue weighted by Crippen LogP contribution is -2.38. The van der Waals surface area contributed by atoms with Gasteiger partial charge in [0, 0.05) is 36.8 Å². The Morgan fingerprint density at radius 2 is 1.80 bits per heavy atom. The maximum Gasteiger partial charge on any atom is 0.471 e. The van der Waals surface area contributed by atoms with Crippen molar-refractivity contribution in [2.24, 2.45) is 0 Å². The Hall–Kier alpha value is -2.31. The zero-order valence-corrected chi connectivity index (χ0v) is 14.5. The van der Waals surface area contributed by atoms with Gasteiger partial charge in [-0.2, -0.15) is 13.2 Å². The molecular formula is C18H22F3N3O. The van der Waals surface area contributed by atoms with Gasteiger partial charge in [-0.25, -0.2) is 4.98 Å². The summed E-state index contributed by atoms with van der Waals surface area (Å²) in [5.74, 6) is -1.06. The third-order valence-electron chi connectivity index (χ3n) is 3.72. The van der Waals surface area contributed by atoms with E-state index >= 15 is 0 Å². The molecule has 0 aliphatic rings. The minimum absolute atomic E-state index is 0.0948. The molecule has 0 saturated carbocycles. The smallest absolute Gasteiger partial charge is 0.348 e. The van der Waals surface area contributed by atoms with Gasteiger partial charge < -0.3 is 9.88 Å². The van der Waals surface area contributed by atoms with Crippen molar-refractivity contribution in [3.63, 3.8) is 0 Å². The van der Waals surface area contributed by atoms with E-state index in [1.165, 1.54) is 0 Å². The molecule has 0 aliphatic carbocycles. The first-order valence-corrected chi connectivity index (χ1v) is 8.03. The third-order valence-corrected chi connectivity index (χ3v) is 3.72. The van der Waals surface area contributed by atoms with Gasteiger partial charge >= 0.3 is 12.1 Å². The van der Waals surface area contributed by atoms with E-state index in [9.17, 15) is 18.0 Å². The molecule has 2 aromatic rings. The van der Waals surface area contributed by atoms with Crippen molar-refractivity contribution in [3.05, 3.63) is 53.6 Å². The van der Waals surface area contributed by atoms with Gasteiger partial charge in [0.05, 0.1) is 0 Å². The first kappa shape index (κ1) is 19.0. The minimum atomic E-state index is -4.86. The average molecular weight is 353 g/mol. The predicted octanol–water partition coefficient (Wildman–Crippen LogP) is 3.45. The molecule has 1 aromatic heterocycles. The molecule has 0 bridgehead atoms. The number of amides is 1. The highest BCUT2D eigenvalue weighted by Crippen LogP contribution is 2.23. The number of carbonyl (C=O) groups is 1. The van der Waals surface area contributed by atoms with E-state index in [1.807, 2.05) is 61.0 Å². The predicted molar refractivity (Wildman–Crippen MR) is 89.2 cm³/mol. The van der Waals surface area contributed by atoms with Crippen LogP contribution in [-0.2, 0) is 23.2 Å². The molecule has 1 aromatic carbocycles. The molecule has 0 radical (unpaired) electrons. The maximum absolute atomic E-state index is 12.3. The van der Waals surface area contributed by atoms with Crippen LogP contribution < -0.4 is 5.32 Å². The summed E-state index contributed by atoms with van der Waals surface area (Å²) in [5, 5.41) is 1.91. The van der Waals surface area contributed by atoms with Crippen molar-refractivity contribution >= 4 is 5.91 Å². The van der Waals surface area contributed by atoms with Crippen LogP contribution in [0.5, 0.6) is 0 Å². The van der Waals surface area contributed by atoms with Crippen LogP contribution in [0.1, 0.15) is 37.9 Å². The van der Waals surface area contributed by atoms with Crippen molar-refractivity contribution in [3.8, 4) is 0 Å². The van der Waals surface area contributed by atoms with Gasteiger partial charge in [-0.1, -0.05) is 51.1 Å². The van der Waals surface area contributed by atoms with Crippen molar-refractivity contribution in [2.75, 3.05) is 6.54 Å². The highest BCUT2D eigenvalue weighted by Gasteiger charge is 2.38. The summed E-state index contributed by atoms with van der Waals surface area (Å²) < 4.78 is 38.8. The molecule has 0 fully saturated rings. The van der Waals surface area contributed by atoms with Crippen LogP contribution in [0.15, 0.2) is 36.5 Å².